The molecule has 2 fully saturated rings. The summed E-state index contributed by atoms with van der Waals surface area (Å²) in [6, 6.07) is 0. The molecule has 1 aromatic heterocycles. The maximum Gasteiger partial charge on any atom is 0.230 e. The molecule has 2 aliphatic carbocycles. The molecule has 1 heterocycles. The molecule has 1 atom stereocenters. The monoisotopic (exact) mass is 257 g/mol. The first-order valence-electron chi connectivity index (χ1n) is 6.14. The average Bonchev–Trinajstić information content (AvgIpc) is 2.68. The second-order valence-corrected chi connectivity index (χ2v) is 6.06. The highest BCUT2D eigenvalue weighted by Crippen LogP contribution is 2.58. The summed E-state index contributed by atoms with van der Waals surface area (Å²) in [5, 5.41) is 4.09. The maximum absolute atomic E-state index is 6.30. The van der Waals surface area contributed by atoms with E-state index in [-0.39, 0.29) is 17.9 Å². The second-order valence-electron chi connectivity index (χ2n) is 6.06. The van der Waals surface area contributed by atoms with Gasteiger partial charge in [-0.15, -0.1) is 12.4 Å². The zero-order chi connectivity index (χ0) is 11.4. The van der Waals surface area contributed by atoms with Crippen molar-refractivity contribution in [3.63, 3.8) is 0 Å². The Kier molecular flexibility index (Phi) is 2.99. The molecule has 2 N–H and O–H groups in total. The van der Waals surface area contributed by atoms with Gasteiger partial charge >= 0.3 is 0 Å². The second kappa shape index (κ2) is 3.95. The first-order valence-corrected chi connectivity index (χ1v) is 6.14. The summed E-state index contributed by atoms with van der Waals surface area (Å²) in [6.45, 7) is 4.46. The number of aromatic nitrogens is 2. The largest absolute Gasteiger partial charge is 0.339 e. The smallest absolute Gasteiger partial charge is 0.230 e. The van der Waals surface area contributed by atoms with Crippen LogP contribution in [0.25, 0.3) is 0 Å². The van der Waals surface area contributed by atoms with Crippen molar-refractivity contribution < 1.29 is 4.52 Å². The Morgan fingerprint density at radius 2 is 1.88 bits per heavy atom. The molecule has 2 saturated carbocycles. The van der Waals surface area contributed by atoms with E-state index in [1.165, 1.54) is 12.8 Å². The number of halogens is 1. The van der Waals surface area contributed by atoms with Gasteiger partial charge in [0.25, 0.3) is 0 Å². The van der Waals surface area contributed by atoms with Crippen LogP contribution in [-0.4, -0.2) is 10.1 Å². The summed E-state index contributed by atoms with van der Waals surface area (Å²) in [6.07, 6.45) is 5.47. The lowest BCUT2D eigenvalue weighted by Crippen LogP contribution is -2.34. The van der Waals surface area contributed by atoms with E-state index in [4.69, 9.17) is 10.3 Å². The zero-order valence-corrected chi connectivity index (χ0v) is 11.2. The highest BCUT2D eigenvalue weighted by Gasteiger charge is 2.51. The average molecular weight is 258 g/mol. The van der Waals surface area contributed by atoms with Crippen LogP contribution in [0.3, 0.4) is 0 Å². The van der Waals surface area contributed by atoms with Gasteiger partial charge in [-0.1, -0.05) is 31.8 Å². The van der Waals surface area contributed by atoms with Gasteiger partial charge in [-0.3, -0.25) is 0 Å². The van der Waals surface area contributed by atoms with E-state index in [1.807, 2.05) is 0 Å². The molecule has 3 rings (SSSR count). The molecule has 5 heteroatoms. The first-order chi connectivity index (χ1) is 7.51. The van der Waals surface area contributed by atoms with Crippen LogP contribution < -0.4 is 5.73 Å². The molecule has 1 unspecified atom stereocenters. The summed E-state index contributed by atoms with van der Waals surface area (Å²) in [4.78, 5) is 4.52. The minimum absolute atomic E-state index is 0. The quantitative estimate of drug-likeness (QED) is 0.885. The molecule has 0 bridgehead atoms. The van der Waals surface area contributed by atoms with E-state index in [0.717, 1.165) is 31.0 Å². The lowest BCUT2D eigenvalue weighted by Gasteiger charge is -2.17. The van der Waals surface area contributed by atoms with Gasteiger partial charge in [0.15, 0.2) is 5.82 Å². The third kappa shape index (κ3) is 2.08. The first kappa shape index (κ1) is 12.8. The number of nitrogens with zero attached hydrogens (tertiary/aromatic N) is 2. The summed E-state index contributed by atoms with van der Waals surface area (Å²) >= 11 is 0. The predicted octanol–water partition coefficient (Wildman–Crippen LogP) is 2.73. The Labute approximate surface area is 108 Å². The topological polar surface area (TPSA) is 64.9 Å². The fourth-order valence-corrected chi connectivity index (χ4v) is 2.70. The molecular formula is C12H20ClN3O. The van der Waals surface area contributed by atoms with E-state index in [0.29, 0.717) is 11.3 Å². The van der Waals surface area contributed by atoms with E-state index in [1.54, 1.807) is 0 Å². The third-order valence-corrected chi connectivity index (χ3v) is 4.19. The fourth-order valence-electron chi connectivity index (χ4n) is 2.70. The molecule has 0 saturated heterocycles. The van der Waals surface area contributed by atoms with Crippen molar-refractivity contribution in [1.29, 1.82) is 0 Å². The van der Waals surface area contributed by atoms with Gasteiger partial charge in [0.05, 0.1) is 5.54 Å². The van der Waals surface area contributed by atoms with E-state index < -0.39 is 0 Å². The highest BCUT2D eigenvalue weighted by molar-refractivity contribution is 5.85. The summed E-state index contributed by atoms with van der Waals surface area (Å²) in [5.41, 5.74) is 6.31. The van der Waals surface area contributed by atoms with Gasteiger partial charge in [0.1, 0.15) is 0 Å². The Balaban J connectivity index is 0.00000108. The van der Waals surface area contributed by atoms with E-state index >= 15 is 0 Å². The molecule has 0 aliphatic heterocycles. The molecule has 4 nitrogen and oxygen atoms in total. The number of hydrogen-bond donors (Lipinski definition) is 1. The maximum atomic E-state index is 6.30. The van der Waals surface area contributed by atoms with E-state index in [9.17, 15) is 0 Å². The van der Waals surface area contributed by atoms with Crippen molar-refractivity contribution >= 4 is 12.4 Å². The number of rotatable bonds is 2. The Morgan fingerprint density at radius 1 is 1.29 bits per heavy atom. The Bertz CT molecular complexity index is 410. The number of nitrogens with two attached hydrogens (primary N) is 1. The standard InChI is InChI=1S/C12H19N3O.ClH/c1-11(2)7-8(11)9-14-10(15-16-9)12(13)5-3-4-6-12;/h8H,3-7,13H2,1-2H3;1H. The van der Waals surface area contributed by atoms with Crippen LogP contribution in [0, 0.1) is 5.41 Å². The van der Waals surface area contributed by atoms with Crippen molar-refractivity contribution in [2.75, 3.05) is 0 Å². The molecule has 17 heavy (non-hydrogen) atoms. The van der Waals surface area contributed by atoms with Gasteiger partial charge in [0.2, 0.25) is 5.89 Å². The summed E-state index contributed by atoms with van der Waals surface area (Å²) < 4.78 is 5.36. The lowest BCUT2D eigenvalue weighted by atomic mass is 9.98. The molecule has 1 aromatic rings. The van der Waals surface area contributed by atoms with Crippen molar-refractivity contribution in [2.24, 2.45) is 11.1 Å². The minimum Gasteiger partial charge on any atom is -0.339 e. The van der Waals surface area contributed by atoms with Gasteiger partial charge < -0.3 is 10.3 Å². The summed E-state index contributed by atoms with van der Waals surface area (Å²) in [7, 11) is 0. The van der Waals surface area contributed by atoms with Crippen LogP contribution in [0.1, 0.15) is 63.6 Å². The summed E-state index contributed by atoms with van der Waals surface area (Å²) in [5.74, 6) is 1.96. The molecule has 0 spiro atoms. The molecule has 0 aromatic carbocycles. The SMILES string of the molecule is CC1(C)CC1c1nc(C2(N)CCCC2)no1.Cl. The van der Waals surface area contributed by atoms with Gasteiger partial charge in [-0.2, -0.15) is 4.98 Å². The molecule has 0 amide bonds. The van der Waals surface area contributed by atoms with Crippen LogP contribution in [0.5, 0.6) is 0 Å². The van der Waals surface area contributed by atoms with Crippen LogP contribution in [-0.2, 0) is 5.54 Å². The fraction of sp³-hybridized carbons (Fsp3) is 0.833. The highest BCUT2D eigenvalue weighted by atomic mass is 35.5. The Morgan fingerprint density at radius 3 is 2.41 bits per heavy atom. The van der Waals surface area contributed by atoms with Crippen molar-refractivity contribution in [1.82, 2.24) is 10.1 Å². The van der Waals surface area contributed by atoms with E-state index in [2.05, 4.69) is 24.0 Å². The van der Waals surface area contributed by atoms with Crippen molar-refractivity contribution in [3.05, 3.63) is 11.7 Å². The third-order valence-electron chi connectivity index (χ3n) is 4.19. The van der Waals surface area contributed by atoms with Crippen LogP contribution in [0.15, 0.2) is 4.52 Å². The molecule has 96 valence electrons. The van der Waals surface area contributed by atoms with Crippen LogP contribution in [0.4, 0.5) is 0 Å². The molecule has 2 aliphatic rings. The van der Waals surface area contributed by atoms with Gasteiger partial charge in [-0.05, 0) is 24.7 Å². The Hall–Kier alpha value is -0.610. The van der Waals surface area contributed by atoms with Gasteiger partial charge in [0, 0.05) is 5.92 Å². The van der Waals surface area contributed by atoms with Crippen LogP contribution >= 0.6 is 12.4 Å². The normalized spacial score (nSPS) is 28.8. The predicted molar refractivity (Wildman–Crippen MR) is 67.0 cm³/mol. The van der Waals surface area contributed by atoms with Crippen LogP contribution in [0.2, 0.25) is 0 Å². The zero-order valence-electron chi connectivity index (χ0n) is 10.4. The number of hydrogen-bond acceptors (Lipinski definition) is 4. The minimum atomic E-state index is -0.319. The van der Waals surface area contributed by atoms with Gasteiger partial charge in [-0.25, -0.2) is 0 Å². The lowest BCUT2D eigenvalue weighted by molar-refractivity contribution is 0.343. The molecular weight excluding hydrogens is 238 g/mol. The van der Waals surface area contributed by atoms with Crippen molar-refractivity contribution in [2.45, 2.75) is 57.4 Å². The van der Waals surface area contributed by atoms with Crippen molar-refractivity contribution in [3.8, 4) is 0 Å². The molecule has 0 radical (unpaired) electrons.